The number of benzene rings is 1. The Morgan fingerprint density at radius 1 is 1.38 bits per heavy atom. The second kappa shape index (κ2) is 4.06. The van der Waals surface area contributed by atoms with Gasteiger partial charge in [-0.2, -0.15) is 0 Å². The third-order valence-corrected chi connectivity index (χ3v) is 2.70. The molecule has 0 amide bonds. The van der Waals surface area contributed by atoms with Gasteiger partial charge in [-0.05, 0) is 30.7 Å². The molecule has 0 atom stereocenters. The van der Waals surface area contributed by atoms with Crippen molar-refractivity contribution < 1.29 is 0 Å². The summed E-state index contributed by atoms with van der Waals surface area (Å²) in [6.45, 7) is 1.94. The summed E-state index contributed by atoms with van der Waals surface area (Å²) < 4.78 is 1.42. The predicted molar refractivity (Wildman–Crippen MR) is 65.2 cm³/mol. The summed E-state index contributed by atoms with van der Waals surface area (Å²) in [5, 5.41) is 3.60. The first-order valence-corrected chi connectivity index (χ1v) is 5.36. The van der Waals surface area contributed by atoms with Gasteiger partial charge in [-0.1, -0.05) is 18.5 Å². The Morgan fingerprint density at radius 2 is 2.00 bits per heavy atom. The van der Waals surface area contributed by atoms with Crippen molar-refractivity contribution in [1.82, 2.24) is 9.78 Å². The maximum absolute atomic E-state index is 11.8. The summed E-state index contributed by atoms with van der Waals surface area (Å²) in [5.41, 5.74) is 7.22. The molecule has 5 heteroatoms. The summed E-state index contributed by atoms with van der Waals surface area (Å²) in [4.78, 5) is 11.8. The van der Waals surface area contributed by atoms with Crippen LogP contribution in [-0.2, 0) is 6.42 Å². The van der Waals surface area contributed by atoms with Crippen molar-refractivity contribution in [2.45, 2.75) is 13.3 Å². The monoisotopic (exact) mass is 237 g/mol. The SMILES string of the molecule is CCc1[nH]n(-c2ccc(Cl)cc2)c(=O)c1N. The first kappa shape index (κ1) is 10.8. The van der Waals surface area contributed by atoms with Crippen molar-refractivity contribution in [2.24, 2.45) is 0 Å². The zero-order valence-electron chi connectivity index (χ0n) is 8.83. The number of hydrogen-bond donors (Lipinski definition) is 2. The number of aryl methyl sites for hydroxylation is 1. The minimum absolute atomic E-state index is 0.223. The molecule has 4 nitrogen and oxygen atoms in total. The minimum Gasteiger partial charge on any atom is -0.393 e. The smallest absolute Gasteiger partial charge is 0.294 e. The zero-order chi connectivity index (χ0) is 11.7. The Hall–Kier alpha value is -1.68. The molecule has 0 aliphatic carbocycles. The summed E-state index contributed by atoms with van der Waals surface area (Å²) in [5.74, 6) is 0. The number of hydrogen-bond acceptors (Lipinski definition) is 2. The Morgan fingerprint density at radius 3 is 2.50 bits per heavy atom. The number of nitrogens with one attached hydrogen (secondary N) is 1. The van der Waals surface area contributed by atoms with Crippen LogP contribution < -0.4 is 11.3 Å². The second-order valence-corrected chi connectivity index (χ2v) is 3.91. The molecule has 0 fully saturated rings. The highest BCUT2D eigenvalue weighted by Crippen LogP contribution is 2.13. The van der Waals surface area contributed by atoms with Gasteiger partial charge in [0.15, 0.2) is 0 Å². The van der Waals surface area contributed by atoms with Crippen molar-refractivity contribution in [3.63, 3.8) is 0 Å². The summed E-state index contributed by atoms with van der Waals surface area (Å²) in [6.07, 6.45) is 0.696. The minimum atomic E-state index is -0.223. The van der Waals surface area contributed by atoms with E-state index >= 15 is 0 Å². The zero-order valence-corrected chi connectivity index (χ0v) is 9.58. The normalized spacial score (nSPS) is 10.6. The van der Waals surface area contributed by atoms with Crippen LogP contribution in [0.5, 0.6) is 0 Å². The molecule has 16 heavy (non-hydrogen) atoms. The molecule has 0 unspecified atom stereocenters. The molecule has 0 bridgehead atoms. The van der Waals surface area contributed by atoms with Gasteiger partial charge in [0.05, 0.1) is 11.4 Å². The van der Waals surface area contributed by atoms with Gasteiger partial charge in [-0.15, -0.1) is 0 Å². The number of rotatable bonds is 2. The van der Waals surface area contributed by atoms with Gasteiger partial charge >= 0.3 is 0 Å². The highest BCUT2D eigenvalue weighted by atomic mass is 35.5. The maximum Gasteiger partial charge on any atom is 0.294 e. The lowest BCUT2D eigenvalue weighted by molar-refractivity contribution is 0.819. The van der Waals surface area contributed by atoms with Gasteiger partial charge in [0.1, 0.15) is 5.69 Å². The van der Waals surface area contributed by atoms with Crippen LogP contribution in [0.4, 0.5) is 5.69 Å². The summed E-state index contributed by atoms with van der Waals surface area (Å²) in [6, 6.07) is 6.98. The van der Waals surface area contributed by atoms with Crippen LogP contribution in [0.2, 0.25) is 5.02 Å². The van der Waals surface area contributed by atoms with E-state index in [9.17, 15) is 4.79 Å². The Labute approximate surface area is 97.6 Å². The van der Waals surface area contributed by atoms with Crippen LogP contribution in [0, 0.1) is 0 Å². The molecular weight excluding hydrogens is 226 g/mol. The molecule has 2 aromatic rings. The third-order valence-electron chi connectivity index (χ3n) is 2.44. The van der Waals surface area contributed by atoms with Crippen LogP contribution in [-0.4, -0.2) is 9.78 Å². The van der Waals surface area contributed by atoms with Gasteiger partial charge < -0.3 is 5.73 Å². The first-order valence-electron chi connectivity index (χ1n) is 4.98. The molecule has 3 N–H and O–H groups in total. The number of nitrogens with zero attached hydrogens (tertiary/aromatic N) is 1. The van der Waals surface area contributed by atoms with Crippen LogP contribution in [0.25, 0.3) is 5.69 Å². The molecule has 0 aliphatic heterocycles. The van der Waals surface area contributed by atoms with Crippen molar-refractivity contribution in [3.05, 3.63) is 45.3 Å². The van der Waals surface area contributed by atoms with E-state index in [0.29, 0.717) is 11.4 Å². The molecule has 2 rings (SSSR count). The molecular formula is C11H12ClN3O. The molecule has 84 valence electrons. The van der Waals surface area contributed by atoms with E-state index in [4.69, 9.17) is 17.3 Å². The molecule has 1 aromatic carbocycles. The number of nitrogens with two attached hydrogens (primary N) is 1. The molecule has 0 aliphatic rings. The highest BCUT2D eigenvalue weighted by molar-refractivity contribution is 6.30. The lowest BCUT2D eigenvalue weighted by atomic mass is 10.3. The first-order chi connectivity index (χ1) is 7.63. The van der Waals surface area contributed by atoms with Gasteiger partial charge in [-0.25, -0.2) is 4.68 Å². The van der Waals surface area contributed by atoms with Crippen molar-refractivity contribution in [2.75, 3.05) is 5.73 Å². The van der Waals surface area contributed by atoms with E-state index in [-0.39, 0.29) is 11.2 Å². The summed E-state index contributed by atoms with van der Waals surface area (Å²) in [7, 11) is 0. The lowest BCUT2D eigenvalue weighted by Gasteiger charge is -2.00. The fourth-order valence-electron chi connectivity index (χ4n) is 1.54. The molecule has 0 spiro atoms. The van der Waals surface area contributed by atoms with Crippen molar-refractivity contribution in [1.29, 1.82) is 0 Å². The fraction of sp³-hybridized carbons (Fsp3) is 0.182. The maximum atomic E-state index is 11.8. The molecule has 0 saturated heterocycles. The molecule has 0 radical (unpaired) electrons. The number of aromatic amines is 1. The van der Waals surface area contributed by atoms with Crippen molar-refractivity contribution >= 4 is 17.3 Å². The van der Waals surface area contributed by atoms with Gasteiger partial charge in [-0.3, -0.25) is 9.89 Å². The number of nitrogen functional groups attached to an aromatic ring is 1. The van der Waals surface area contributed by atoms with E-state index < -0.39 is 0 Å². The predicted octanol–water partition coefficient (Wildman–Crippen LogP) is 1.96. The molecule has 1 aromatic heterocycles. The van der Waals surface area contributed by atoms with E-state index in [1.54, 1.807) is 24.3 Å². The second-order valence-electron chi connectivity index (χ2n) is 3.47. The third kappa shape index (κ3) is 1.72. The van der Waals surface area contributed by atoms with E-state index in [0.717, 1.165) is 11.4 Å². The topological polar surface area (TPSA) is 63.8 Å². The van der Waals surface area contributed by atoms with Crippen LogP contribution in [0.15, 0.2) is 29.1 Å². The largest absolute Gasteiger partial charge is 0.393 e. The number of halogens is 1. The summed E-state index contributed by atoms with van der Waals surface area (Å²) >= 11 is 5.78. The lowest BCUT2D eigenvalue weighted by Crippen LogP contribution is -2.16. The Kier molecular flexibility index (Phi) is 2.75. The fourth-order valence-corrected chi connectivity index (χ4v) is 1.66. The van der Waals surface area contributed by atoms with Crippen LogP contribution in [0.3, 0.4) is 0 Å². The van der Waals surface area contributed by atoms with E-state index in [2.05, 4.69) is 5.10 Å². The van der Waals surface area contributed by atoms with Gasteiger partial charge in [0.2, 0.25) is 0 Å². The Bertz CT molecular complexity index is 554. The highest BCUT2D eigenvalue weighted by Gasteiger charge is 2.10. The van der Waals surface area contributed by atoms with Crippen LogP contribution in [0.1, 0.15) is 12.6 Å². The molecule has 1 heterocycles. The van der Waals surface area contributed by atoms with E-state index in [1.165, 1.54) is 4.68 Å². The standard InChI is InChI=1S/C11H12ClN3O/c1-2-9-10(13)11(16)15(14-9)8-5-3-7(12)4-6-8/h3-6,14H,2,13H2,1H3. The quantitative estimate of drug-likeness (QED) is 0.839. The number of H-pyrrole nitrogens is 1. The van der Waals surface area contributed by atoms with E-state index in [1.807, 2.05) is 6.92 Å². The number of anilines is 1. The van der Waals surface area contributed by atoms with Crippen molar-refractivity contribution in [3.8, 4) is 5.69 Å². The Balaban J connectivity index is 2.56. The van der Waals surface area contributed by atoms with Gasteiger partial charge in [0, 0.05) is 5.02 Å². The average Bonchev–Trinajstić information content (AvgIpc) is 2.57. The average molecular weight is 238 g/mol. The van der Waals surface area contributed by atoms with Crippen LogP contribution >= 0.6 is 11.6 Å². The molecule has 0 saturated carbocycles. The number of aromatic nitrogens is 2. The van der Waals surface area contributed by atoms with Gasteiger partial charge in [0.25, 0.3) is 5.56 Å².